The molecule has 2 nitrogen and oxygen atoms in total. The molecule has 4 heteroatoms. The molecule has 1 aromatic rings. The summed E-state index contributed by atoms with van der Waals surface area (Å²) in [5.74, 6) is 0.731. The van der Waals surface area contributed by atoms with Crippen LogP contribution in [0, 0.1) is 0 Å². The Balaban J connectivity index is 1.96. The number of hydrogen-bond donors (Lipinski definition) is 0. The van der Waals surface area contributed by atoms with E-state index in [2.05, 4.69) is 50.0 Å². The van der Waals surface area contributed by atoms with Gasteiger partial charge in [-0.05, 0) is 28.1 Å². The van der Waals surface area contributed by atoms with E-state index >= 15 is 0 Å². The van der Waals surface area contributed by atoms with Gasteiger partial charge in [0.05, 0.1) is 5.69 Å². The van der Waals surface area contributed by atoms with E-state index < -0.39 is 0 Å². The molecule has 0 unspecified atom stereocenters. The van der Waals surface area contributed by atoms with Crippen LogP contribution in [0.2, 0.25) is 0 Å². The number of halogens is 2. The normalized spacial score (nSPS) is 17.8. The van der Waals surface area contributed by atoms with Gasteiger partial charge in [-0.25, -0.2) is 0 Å². The number of benzene rings is 1. The first-order valence-corrected chi connectivity index (χ1v) is 6.92. The second-order valence-electron chi connectivity index (χ2n) is 3.97. The predicted molar refractivity (Wildman–Crippen MR) is 73.5 cm³/mol. The maximum absolute atomic E-state index is 5.75. The molecule has 0 amide bonds. The summed E-state index contributed by atoms with van der Waals surface area (Å²) in [4.78, 5) is 4.84. The van der Waals surface area contributed by atoms with Crippen LogP contribution < -0.4 is 4.90 Å². The van der Waals surface area contributed by atoms with Crippen molar-refractivity contribution in [2.24, 2.45) is 0 Å². The van der Waals surface area contributed by atoms with Crippen molar-refractivity contribution < 1.29 is 0 Å². The maximum Gasteiger partial charge on any atom is 0.0511 e. The third kappa shape index (κ3) is 2.90. The zero-order valence-corrected chi connectivity index (χ0v) is 11.5. The van der Waals surface area contributed by atoms with Gasteiger partial charge in [0.25, 0.3) is 0 Å². The second kappa shape index (κ2) is 5.89. The van der Waals surface area contributed by atoms with Crippen molar-refractivity contribution in [3.63, 3.8) is 0 Å². The first kappa shape index (κ1) is 12.2. The first-order chi connectivity index (χ1) is 7.81. The SMILES string of the molecule is ClCCN1CCN(c2ccccc2Br)CC1. The van der Waals surface area contributed by atoms with Crippen LogP contribution in [-0.4, -0.2) is 43.5 Å². The van der Waals surface area contributed by atoms with Crippen LogP contribution in [0.3, 0.4) is 0 Å². The molecule has 16 heavy (non-hydrogen) atoms. The number of alkyl halides is 1. The average Bonchev–Trinajstić information content (AvgIpc) is 2.31. The highest BCUT2D eigenvalue weighted by Crippen LogP contribution is 2.26. The lowest BCUT2D eigenvalue weighted by atomic mass is 10.2. The molecule has 1 aliphatic heterocycles. The molecular weight excluding hydrogens is 288 g/mol. The van der Waals surface area contributed by atoms with Crippen molar-refractivity contribution in [2.75, 3.05) is 43.5 Å². The molecule has 88 valence electrons. The Kier molecular flexibility index (Phi) is 4.50. The molecule has 0 atom stereocenters. The molecule has 1 fully saturated rings. The largest absolute Gasteiger partial charge is 0.368 e. The molecule has 2 rings (SSSR count). The minimum absolute atomic E-state index is 0.731. The fraction of sp³-hybridized carbons (Fsp3) is 0.500. The van der Waals surface area contributed by atoms with E-state index in [0.717, 1.165) is 38.6 Å². The smallest absolute Gasteiger partial charge is 0.0511 e. The number of nitrogens with zero attached hydrogens (tertiary/aromatic N) is 2. The van der Waals surface area contributed by atoms with Gasteiger partial charge in [-0.15, -0.1) is 11.6 Å². The molecule has 1 heterocycles. The standard InChI is InChI=1S/C12H16BrClN2/c13-11-3-1-2-4-12(11)16-9-7-15(6-5-14)8-10-16/h1-4H,5-10H2. The molecular formula is C12H16BrClN2. The highest BCUT2D eigenvalue weighted by Gasteiger charge is 2.17. The lowest BCUT2D eigenvalue weighted by molar-refractivity contribution is 0.272. The summed E-state index contributed by atoms with van der Waals surface area (Å²) in [7, 11) is 0. The Morgan fingerprint density at radius 3 is 2.44 bits per heavy atom. The van der Waals surface area contributed by atoms with Crippen LogP contribution in [0.1, 0.15) is 0 Å². The topological polar surface area (TPSA) is 6.48 Å². The quantitative estimate of drug-likeness (QED) is 0.792. The lowest BCUT2D eigenvalue weighted by Crippen LogP contribution is -2.47. The number of para-hydroxylation sites is 1. The summed E-state index contributed by atoms with van der Waals surface area (Å²) in [5.41, 5.74) is 1.30. The van der Waals surface area contributed by atoms with Crippen LogP contribution >= 0.6 is 27.5 Å². The van der Waals surface area contributed by atoms with E-state index in [-0.39, 0.29) is 0 Å². The van der Waals surface area contributed by atoms with Gasteiger partial charge in [0.1, 0.15) is 0 Å². The van der Waals surface area contributed by atoms with Gasteiger partial charge >= 0.3 is 0 Å². The van der Waals surface area contributed by atoms with Crippen molar-refractivity contribution in [1.29, 1.82) is 0 Å². The van der Waals surface area contributed by atoms with E-state index in [0.29, 0.717) is 0 Å². The van der Waals surface area contributed by atoms with Gasteiger partial charge < -0.3 is 4.90 Å². The monoisotopic (exact) mass is 302 g/mol. The van der Waals surface area contributed by atoms with Gasteiger partial charge in [0.2, 0.25) is 0 Å². The van der Waals surface area contributed by atoms with Crippen molar-refractivity contribution in [3.05, 3.63) is 28.7 Å². The summed E-state index contributed by atoms with van der Waals surface area (Å²) in [5, 5.41) is 0. The summed E-state index contributed by atoms with van der Waals surface area (Å²) in [6.45, 7) is 5.38. The molecule has 0 N–H and O–H groups in total. The van der Waals surface area contributed by atoms with E-state index in [1.165, 1.54) is 10.2 Å². The summed E-state index contributed by atoms with van der Waals surface area (Å²) in [6.07, 6.45) is 0. The highest BCUT2D eigenvalue weighted by molar-refractivity contribution is 9.10. The minimum Gasteiger partial charge on any atom is -0.368 e. The number of hydrogen-bond acceptors (Lipinski definition) is 2. The van der Waals surface area contributed by atoms with Crippen LogP contribution in [0.4, 0.5) is 5.69 Å². The highest BCUT2D eigenvalue weighted by atomic mass is 79.9. The first-order valence-electron chi connectivity index (χ1n) is 5.59. The maximum atomic E-state index is 5.75. The molecule has 1 saturated heterocycles. The van der Waals surface area contributed by atoms with E-state index in [1.54, 1.807) is 0 Å². The van der Waals surface area contributed by atoms with Crippen LogP contribution in [-0.2, 0) is 0 Å². The van der Waals surface area contributed by atoms with Crippen molar-refractivity contribution in [1.82, 2.24) is 4.90 Å². The van der Waals surface area contributed by atoms with Crippen LogP contribution in [0.15, 0.2) is 28.7 Å². The van der Waals surface area contributed by atoms with E-state index in [4.69, 9.17) is 11.6 Å². The van der Waals surface area contributed by atoms with Gasteiger partial charge in [-0.3, -0.25) is 4.90 Å². The second-order valence-corrected chi connectivity index (χ2v) is 5.20. The van der Waals surface area contributed by atoms with Crippen molar-refractivity contribution >= 4 is 33.2 Å². The summed E-state index contributed by atoms with van der Waals surface area (Å²) < 4.78 is 1.18. The lowest BCUT2D eigenvalue weighted by Gasteiger charge is -2.36. The molecule has 0 radical (unpaired) electrons. The van der Waals surface area contributed by atoms with E-state index in [9.17, 15) is 0 Å². The fourth-order valence-electron chi connectivity index (χ4n) is 2.04. The van der Waals surface area contributed by atoms with Gasteiger partial charge in [-0.1, -0.05) is 12.1 Å². The Labute approximate surface area is 110 Å². The third-order valence-electron chi connectivity index (χ3n) is 2.97. The molecule has 1 aromatic carbocycles. The minimum atomic E-state index is 0.731. The molecule has 0 bridgehead atoms. The van der Waals surface area contributed by atoms with Gasteiger partial charge in [0, 0.05) is 43.1 Å². The zero-order valence-electron chi connectivity index (χ0n) is 9.20. The van der Waals surface area contributed by atoms with Gasteiger partial charge in [-0.2, -0.15) is 0 Å². The number of piperazine rings is 1. The van der Waals surface area contributed by atoms with Crippen molar-refractivity contribution in [2.45, 2.75) is 0 Å². The Morgan fingerprint density at radius 1 is 1.12 bits per heavy atom. The Hall–Kier alpha value is -0.250. The summed E-state index contributed by atoms with van der Waals surface area (Å²) >= 11 is 9.35. The van der Waals surface area contributed by atoms with Crippen LogP contribution in [0.5, 0.6) is 0 Å². The molecule has 1 aliphatic rings. The Morgan fingerprint density at radius 2 is 1.81 bits per heavy atom. The third-order valence-corrected chi connectivity index (χ3v) is 3.81. The summed E-state index contributed by atoms with van der Waals surface area (Å²) in [6, 6.07) is 8.41. The van der Waals surface area contributed by atoms with Crippen molar-refractivity contribution in [3.8, 4) is 0 Å². The van der Waals surface area contributed by atoms with Crippen LogP contribution in [0.25, 0.3) is 0 Å². The molecule has 0 aliphatic carbocycles. The molecule has 0 aromatic heterocycles. The molecule has 0 saturated carbocycles. The zero-order chi connectivity index (χ0) is 11.4. The van der Waals surface area contributed by atoms with E-state index in [1.807, 2.05) is 0 Å². The molecule has 0 spiro atoms. The average molecular weight is 304 g/mol. The fourth-order valence-corrected chi connectivity index (χ4v) is 2.81. The predicted octanol–water partition coefficient (Wildman–Crippen LogP) is 2.81. The Bertz CT molecular complexity index is 338. The number of anilines is 1. The van der Waals surface area contributed by atoms with Gasteiger partial charge in [0.15, 0.2) is 0 Å². The number of rotatable bonds is 3.